The van der Waals surface area contributed by atoms with Crippen molar-refractivity contribution in [2.24, 2.45) is 5.73 Å². The number of nitrogens with two attached hydrogens (primary N) is 1. The molecule has 2 rings (SSSR count). The summed E-state index contributed by atoms with van der Waals surface area (Å²) in [7, 11) is 0. The normalized spacial score (nSPS) is 10.5. The zero-order chi connectivity index (χ0) is 12.4. The first kappa shape index (κ1) is 12.1. The van der Waals surface area contributed by atoms with E-state index in [1.807, 2.05) is 6.07 Å². The zero-order valence-corrected chi connectivity index (χ0v) is 10.4. The van der Waals surface area contributed by atoms with Crippen LogP contribution >= 0.6 is 23.8 Å². The molecule has 1 aromatic heterocycles. The minimum atomic E-state index is -0.333. The van der Waals surface area contributed by atoms with Crippen molar-refractivity contribution in [3.63, 3.8) is 0 Å². The highest BCUT2D eigenvalue weighted by Gasteiger charge is 2.10. The molecule has 1 heterocycles. The molecule has 0 aliphatic heterocycles. The van der Waals surface area contributed by atoms with Gasteiger partial charge in [-0.25, -0.2) is 4.39 Å². The van der Waals surface area contributed by atoms with E-state index in [1.165, 1.54) is 6.07 Å². The van der Waals surface area contributed by atoms with Gasteiger partial charge in [0.2, 0.25) is 0 Å². The Morgan fingerprint density at radius 3 is 2.76 bits per heavy atom. The van der Waals surface area contributed by atoms with Crippen LogP contribution in [0.4, 0.5) is 4.39 Å². The number of hydrogen-bond acceptors (Lipinski definition) is 1. The predicted molar refractivity (Wildman–Crippen MR) is 70.8 cm³/mol. The van der Waals surface area contributed by atoms with Gasteiger partial charge in [0, 0.05) is 16.8 Å². The molecule has 0 saturated carbocycles. The molecule has 5 heteroatoms. The van der Waals surface area contributed by atoms with E-state index < -0.39 is 0 Å². The number of halogens is 2. The van der Waals surface area contributed by atoms with E-state index in [0.717, 1.165) is 0 Å². The number of aromatic nitrogens is 1. The van der Waals surface area contributed by atoms with E-state index in [4.69, 9.17) is 29.6 Å². The summed E-state index contributed by atoms with van der Waals surface area (Å²) in [5.41, 5.74) is 6.70. The summed E-state index contributed by atoms with van der Waals surface area (Å²) in [5.74, 6) is -0.333. The molecule has 2 nitrogen and oxygen atoms in total. The van der Waals surface area contributed by atoms with Crippen molar-refractivity contribution in [2.45, 2.75) is 6.54 Å². The number of benzene rings is 1. The Hall–Kier alpha value is -1.39. The van der Waals surface area contributed by atoms with E-state index in [1.54, 1.807) is 29.0 Å². The van der Waals surface area contributed by atoms with Gasteiger partial charge in [-0.1, -0.05) is 29.9 Å². The second kappa shape index (κ2) is 4.85. The third-order valence-corrected chi connectivity index (χ3v) is 3.04. The fourth-order valence-corrected chi connectivity index (χ4v) is 2.04. The van der Waals surface area contributed by atoms with E-state index in [2.05, 4.69) is 0 Å². The summed E-state index contributed by atoms with van der Waals surface area (Å²) in [6, 6.07) is 8.21. The van der Waals surface area contributed by atoms with Crippen LogP contribution < -0.4 is 5.73 Å². The van der Waals surface area contributed by atoms with Gasteiger partial charge in [0.15, 0.2) is 0 Å². The fourth-order valence-electron chi connectivity index (χ4n) is 1.63. The lowest BCUT2D eigenvalue weighted by atomic mass is 10.2. The van der Waals surface area contributed by atoms with Crippen molar-refractivity contribution in [3.8, 4) is 0 Å². The van der Waals surface area contributed by atoms with Gasteiger partial charge in [-0.15, -0.1) is 0 Å². The van der Waals surface area contributed by atoms with Gasteiger partial charge in [-0.05, 0) is 24.3 Å². The molecular weight excluding hydrogens is 259 g/mol. The fraction of sp³-hybridized carbons (Fsp3) is 0.0833. The number of rotatable bonds is 3. The maximum absolute atomic E-state index is 13.6. The molecule has 2 aromatic rings. The number of hydrogen-bond donors (Lipinski definition) is 1. The van der Waals surface area contributed by atoms with E-state index in [-0.39, 0.29) is 10.8 Å². The minimum Gasteiger partial charge on any atom is -0.388 e. The molecule has 1 aromatic carbocycles. The maximum atomic E-state index is 13.6. The first-order chi connectivity index (χ1) is 8.09. The van der Waals surface area contributed by atoms with Crippen LogP contribution in [0.3, 0.4) is 0 Å². The Labute approximate surface area is 109 Å². The summed E-state index contributed by atoms with van der Waals surface area (Å²) < 4.78 is 15.4. The van der Waals surface area contributed by atoms with Gasteiger partial charge in [0.25, 0.3) is 0 Å². The van der Waals surface area contributed by atoms with Crippen LogP contribution in [-0.2, 0) is 6.54 Å². The molecule has 0 aliphatic rings. The summed E-state index contributed by atoms with van der Waals surface area (Å²) in [6.45, 7) is 0.311. The average molecular weight is 269 g/mol. The van der Waals surface area contributed by atoms with Crippen LogP contribution in [0.1, 0.15) is 11.3 Å². The second-order valence-electron chi connectivity index (χ2n) is 3.59. The van der Waals surface area contributed by atoms with Crippen LogP contribution in [-0.4, -0.2) is 9.56 Å². The largest absolute Gasteiger partial charge is 0.388 e. The molecule has 0 atom stereocenters. The lowest BCUT2D eigenvalue weighted by Crippen LogP contribution is -2.16. The minimum absolute atomic E-state index is 0.280. The lowest BCUT2D eigenvalue weighted by Gasteiger charge is -2.10. The molecule has 88 valence electrons. The van der Waals surface area contributed by atoms with Gasteiger partial charge < -0.3 is 10.3 Å². The monoisotopic (exact) mass is 268 g/mol. The van der Waals surface area contributed by atoms with Crippen LogP contribution in [0.2, 0.25) is 5.02 Å². The molecule has 0 spiro atoms. The van der Waals surface area contributed by atoms with Gasteiger partial charge in [0.05, 0.1) is 12.2 Å². The third-order valence-electron chi connectivity index (χ3n) is 2.47. The Kier molecular flexibility index (Phi) is 3.45. The third kappa shape index (κ3) is 2.48. The van der Waals surface area contributed by atoms with Crippen molar-refractivity contribution < 1.29 is 4.39 Å². The number of nitrogens with zero attached hydrogens (tertiary/aromatic N) is 1. The molecule has 0 aliphatic carbocycles. The van der Waals surface area contributed by atoms with Crippen LogP contribution in [0.15, 0.2) is 36.5 Å². The molecule has 0 unspecified atom stereocenters. The van der Waals surface area contributed by atoms with Gasteiger partial charge in [-0.2, -0.15) is 0 Å². The molecule has 2 N–H and O–H groups in total. The van der Waals surface area contributed by atoms with Crippen LogP contribution in [0.5, 0.6) is 0 Å². The first-order valence-electron chi connectivity index (χ1n) is 4.97. The summed E-state index contributed by atoms with van der Waals surface area (Å²) in [6.07, 6.45) is 1.79. The maximum Gasteiger partial charge on any atom is 0.129 e. The van der Waals surface area contributed by atoms with E-state index >= 15 is 0 Å². The topological polar surface area (TPSA) is 30.9 Å². The molecule has 0 radical (unpaired) electrons. The van der Waals surface area contributed by atoms with Crippen molar-refractivity contribution in [3.05, 3.63) is 58.6 Å². The first-order valence-corrected chi connectivity index (χ1v) is 5.76. The van der Waals surface area contributed by atoms with E-state index in [0.29, 0.717) is 22.8 Å². The highest BCUT2D eigenvalue weighted by Crippen LogP contribution is 2.20. The quantitative estimate of drug-likeness (QED) is 0.868. The molecule has 0 bridgehead atoms. The smallest absolute Gasteiger partial charge is 0.129 e. The molecular formula is C12H10ClFN2S. The highest BCUT2D eigenvalue weighted by molar-refractivity contribution is 7.80. The van der Waals surface area contributed by atoms with Crippen molar-refractivity contribution in [1.29, 1.82) is 0 Å². The number of thiocarbonyl (C=S) groups is 1. The Balaban J connectivity index is 2.38. The summed E-state index contributed by atoms with van der Waals surface area (Å²) in [4.78, 5) is 0.280. The van der Waals surface area contributed by atoms with Crippen LogP contribution in [0, 0.1) is 5.82 Å². The molecule has 0 amide bonds. The predicted octanol–water partition coefficient (Wildman–Crippen LogP) is 2.96. The van der Waals surface area contributed by atoms with Gasteiger partial charge in [-0.3, -0.25) is 0 Å². The van der Waals surface area contributed by atoms with E-state index in [9.17, 15) is 4.39 Å². The Bertz CT molecular complexity index is 545. The van der Waals surface area contributed by atoms with Gasteiger partial charge >= 0.3 is 0 Å². The SMILES string of the molecule is NC(=S)c1cccn1Cc1c(F)cccc1Cl. The standard InChI is InChI=1S/C12H10ClFN2S/c13-9-3-1-4-10(14)8(9)7-16-6-2-5-11(16)12(15)17/h1-6H,7H2,(H2,15,17). The second-order valence-corrected chi connectivity index (χ2v) is 4.43. The van der Waals surface area contributed by atoms with Crippen molar-refractivity contribution in [1.82, 2.24) is 4.57 Å². The summed E-state index contributed by atoms with van der Waals surface area (Å²) in [5, 5.41) is 0.396. The van der Waals surface area contributed by atoms with Gasteiger partial charge in [0.1, 0.15) is 10.8 Å². The van der Waals surface area contributed by atoms with Crippen molar-refractivity contribution >= 4 is 28.8 Å². The molecule has 0 saturated heterocycles. The molecule has 17 heavy (non-hydrogen) atoms. The van der Waals surface area contributed by atoms with Crippen molar-refractivity contribution in [2.75, 3.05) is 0 Å². The molecule has 0 fully saturated rings. The summed E-state index contributed by atoms with van der Waals surface area (Å²) >= 11 is 10.9. The average Bonchev–Trinajstić information content (AvgIpc) is 2.72. The Morgan fingerprint density at radius 2 is 2.12 bits per heavy atom. The van der Waals surface area contributed by atoms with Crippen LogP contribution in [0.25, 0.3) is 0 Å². The highest BCUT2D eigenvalue weighted by atomic mass is 35.5. The zero-order valence-electron chi connectivity index (χ0n) is 8.86. The lowest BCUT2D eigenvalue weighted by molar-refractivity contribution is 0.599. The Morgan fingerprint density at radius 1 is 1.35 bits per heavy atom.